The predicted octanol–water partition coefficient (Wildman–Crippen LogP) is 6.55. The van der Waals surface area contributed by atoms with Crippen LogP contribution < -0.4 is 0 Å². The summed E-state index contributed by atoms with van der Waals surface area (Å²) < 4.78 is 0. The summed E-state index contributed by atoms with van der Waals surface area (Å²) in [4.78, 5) is 0. The molecule has 0 N–H and O–H groups in total. The smallest absolute Gasteiger partial charge is 0.0395 e. The third kappa shape index (κ3) is 23.2. The lowest BCUT2D eigenvalue weighted by molar-refractivity contribution is 1.36. The monoisotopic (exact) mass is 226 g/mol. The second-order valence-electron chi connectivity index (χ2n) is 2.37. The molecular formula is C16H34. The van der Waals surface area contributed by atoms with E-state index >= 15 is 0 Å². The van der Waals surface area contributed by atoms with Gasteiger partial charge in [-0.3, -0.25) is 0 Å². The minimum atomic E-state index is 1.33. The molecule has 0 aliphatic rings. The Bertz CT molecular complexity index is 148. The van der Waals surface area contributed by atoms with Crippen LogP contribution in [0.25, 0.3) is 0 Å². The highest BCUT2D eigenvalue weighted by Gasteiger charge is 1.84. The van der Waals surface area contributed by atoms with Gasteiger partial charge in [0.05, 0.1) is 0 Å². The van der Waals surface area contributed by atoms with Crippen molar-refractivity contribution in [2.24, 2.45) is 0 Å². The third-order valence-electron chi connectivity index (χ3n) is 1.46. The molecule has 0 fully saturated rings. The Labute approximate surface area is 105 Å². The molecule has 0 bridgehead atoms. The maximum Gasteiger partial charge on any atom is -0.0395 e. The van der Waals surface area contributed by atoms with Gasteiger partial charge < -0.3 is 0 Å². The Morgan fingerprint density at radius 1 is 0.562 bits per heavy atom. The predicted molar refractivity (Wildman–Crippen MR) is 82.0 cm³/mol. The number of hydrogen-bond donors (Lipinski definition) is 0. The van der Waals surface area contributed by atoms with E-state index < -0.39 is 0 Å². The van der Waals surface area contributed by atoms with E-state index in [9.17, 15) is 0 Å². The van der Waals surface area contributed by atoms with Gasteiger partial charge in [-0.05, 0) is 38.8 Å². The second-order valence-corrected chi connectivity index (χ2v) is 2.37. The molecule has 0 atom stereocenters. The van der Waals surface area contributed by atoms with Crippen molar-refractivity contribution in [3.05, 3.63) is 35.5 Å². The first-order valence-electron chi connectivity index (χ1n) is 6.65. The van der Waals surface area contributed by atoms with E-state index in [1.165, 1.54) is 11.1 Å². The molecular weight excluding hydrogens is 192 g/mol. The molecule has 0 aromatic rings. The fraction of sp³-hybridized carbons (Fsp3) is 0.625. The lowest BCUT2D eigenvalue weighted by Gasteiger charge is -1.94. The second kappa shape index (κ2) is 29.2. The van der Waals surface area contributed by atoms with Gasteiger partial charge in [-0.25, -0.2) is 0 Å². The minimum absolute atomic E-state index is 1.33. The van der Waals surface area contributed by atoms with Crippen molar-refractivity contribution in [3.8, 4) is 0 Å². The van der Waals surface area contributed by atoms with Crippen molar-refractivity contribution in [1.82, 2.24) is 0 Å². The van der Waals surface area contributed by atoms with Crippen molar-refractivity contribution < 1.29 is 0 Å². The van der Waals surface area contributed by atoms with Gasteiger partial charge in [0.2, 0.25) is 0 Å². The van der Waals surface area contributed by atoms with Gasteiger partial charge in [-0.1, -0.05) is 65.8 Å². The summed E-state index contributed by atoms with van der Waals surface area (Å²) in [6.45, 7) is 20.3. The fourth-order valence-electron chi connectivity index (χ4n) is 0.763. The maximum absolute atomic E-state index is 2.12. The molecule has 0 aliphatic heterocycles. The average molecular weight is 226 g/mol. The fourth-order valence-corrected chi connectivity index (χ4v) is 0.763. The third-order valence-corrected chi connectivity index (χ3v) is 1.46. The normalized spacial score (nSPS) is 10.4. The maximum atomic E-state index is 2.12. The summed E-state index contributed by atoms with van der Waals surface area (Å²) in [7, 11) is 0. The van der Waals surface area contributed by atoms with Crippen molar-refractivity contribution in [2.75, 3.05) is 0 Å². The average Bonchev–Trinajstić information content (AvgIpc) is 2.37. The lowest BCUT2D eigenvalue weighted by Crippen LogP contribution is -1.74. The van der Waals surface area contributed by atoms with Crippen LogP contribution in [0.15, 0.2) is 35.5 Å². The van der Waals surface area contributed by atoms with Gasteiger partial charge in [-0.15, -0.1) is 0 Å². The van der Waals surface area contributed by atoms with Crippen LogP contribution in [0.3, 0.4) is 0 Å². The summed E-state index contributed by atoms with van der Waals surface area (Å²) in [6, 6.07) is 0. The molecule has 0 heteroatoms. The SMILES string of the molecule is CC.CC.CC.C\C=C/C(C)=C(C)\C=C/C. The van der Waals surface area contributed by atoms with Crippen LogP contribution in [0.2, 0.25) is 0 Å². The van der Waals surface area contributed by atoms with Crippen LogP contribution in [0.4, 0.5) is 0 Å². The summed E-state index contributed by atoms with van der Waals surface area (Å²) in [5, 5.41) is 0. The van der Waals surface area contributed by atoms with E-state index in [2.05, 4.69) is 38.2 Å². The minimum Gasteiger partial charge on any atom is -0.0874 e. The molecule has 0 aliphatic carbocycles. The molecule has 0 aromatic heterocycles. The van der Waals surface area contributed by atoms with E-state index in [0.29, 0.717) is 0 Å². The molecule has 0 aromatic carbocycles. The molecule has 0 saturated heterocycles. The van der Waals surface area contributed by atoms with Crippen molar-refractivity contribution in [3.63, 3.8) is 0 Å². The van der Waals surface area contributed by atoms with Crippen molar-refractivity contribution in [2.45, 2.75) is 69.2 Å². The van der Waals surface area contributed by atoms with Crippen molar-refractivity contribution >= 4 is 0 Å². The summed E-state index contributed by atoms with van der Waals surface area (Å²) in [5.74, 6) is 0. The van der Waals surface area contributed by atoms with E-state index in [1.54, 1.807) is 0 Å². The molecule has 0 spiro atoms. The van der Waals surface area contributed by atoms with Crippen LogP contribution in [-0.4, -0.2) is 0 Å². The first-order chi connectivity index (χ1) is 7.72. The first-order valence-corrected chi connectivity index (χ1v) is 6.65. The van der Waals surface area contributed by atoms with Gasteiger partial charge >= 0.3 is 0 Å². The van der Waals surface area contributed by atoms with E-state index in [1.807, 2.05) is 55.4 Å². The molecule has 16 heavy (non-hydrogen) atoms. The Kier molecular flexibility index (Phi) is 44.7. The highest BCUT2D eigenvalue weighted by molar-refractivity contribution is 5.29. The van der Waals surface area contributed by atoms with E-state index in [0.717, 1.165) is 0 Å². The highest BCUT2D eigenvalue weighted by atomic mass is 13.9. The highest BCUT2D eigenvalue weighted by Crippen LogP contribution is 2.05. The molecule has 0 rings (SSSR count). The molecule has 0 radical (unpaired) electrons. The van der Waals surface area contributed by atoms with Gasteiger partial charge in [0.15, 0.2) is 0 Å². The van der Waals surface area contributed by atoms with Crippen LogP contribution in [0.5, 0.6) is 0 Å². The zero-order valence-corrected chi connectivity index (χ0v) is 13.3. The van der Waals surface area contributed by atoms with E-state index in [4.69, 9.17) is 0 Å². The molecule has 0 saturated carbocycles. The zero-order chi connectivity index (χ0) is 14.0. The molecule has 98 valence electrons. The first kappa shape index (κ1) is 24.4. The molecule has 0 unspecified atom stereocenters. The molecule has 0 amide bonds. The number of rotatable bonds is 2. The van der Waals surface area contributed by atoms with Gasteiger partial charge in [0.1, 0.15) is 0 Å². The Hall–Kier alpha value is -0.780. The number of allylic oxidation sites excluding steroid dienone is 6. The van der Waals surface area contributed by atoms with Gasteiger partial charge in [-0.2, -0.15) is 0 Å². The Balaban J connectivity index is -0.000000103. The van der Waals surface area contributed by atoms with Crippen LogP contribution in [0.1, 0.15) is 69.2 Å². The zero-order valence-electron chi connectivity index (χ0n) is 13.3. The summed E-state index contributed by atoms with van der Waals surface area (Å²) >= 11 is 0. The largest absolute Gasteiger partial charge is 0.0874 e. The number of hydrogen-bond acceptors (Lipinski definition) is 0. The summed E-state index contributed by atoms with van der Waals surface area (Å²) in [6.07, 6.45) is 8.36. The van der Waals surface area contributed by atoms with Crippen LogP contribution >= 0.6 is 0 Å². The Morgan fingerprint density at radius 3 is 0.875 bits per heavy atom. The van der Waals surface area contributed by atoms with Crippen LogP contribution in [-0.2, 0) is 0 Å². The summed E-state index contributed by atoms with van der Waals surface area (Å²) in [5.41, 5.74) is 2.67. The Morgan fingerprint density at radius 2 is 0.750 bits per heavy atom. The standard InChI is InChI=1S/C10H16.3C2H6/c1-5-7-9(3)10(4)8-6-2;3*1-2/h5-8H,1-4H3;3*1-2H3/b7-5-,8-6-,10-9-;;;. The van der Waals surface area contributed by atoms with Gasteiger partial charge in [0.25, 0.3) is 0 Å². The molecule has 0 heterocycles. The van der Waals surface area contributed by atoms with Crippen LogP contribution in [0, 0.1) is 0 Å². The van der Waals surface area contributed by atoms with Gasteiger partial charge in [0, 0.05) is 0 Å². The lowest BCUT2D eigenvalue weighted by atomic mass is 10.1. The van der Waals surface area contributed by atoms with Crippen molar-refractivity contribution in [1.29, 1.82) is 0 Å². The quantitative estimate of drug-likeness (QED) is 0.468. The van der Waals surface area contributed by atoms with E-state index in [-0.39, 0.29) is 0 Å². The topological polar surface area (TPSA) is 0 Å². The molecule has 0 nitrogen and oxygen atoms in total.